The molecule has 1 aliphatic carbocycles. The number of nitrogens with zero attached hydrogens (tertiary/aromatic N) is 1. The fraction of sp³-hybridized carbons (Fsp3) is 0.917. The normalized spacial score (nSPS) is 19.7. The molecule has 0 N–H and O–H groups in total. The van der Waals surface area contributed by atoms with Crippen LogP contribution in [0.5, 0.6) is 0 Å². The molecule has 0 spiro atoms. The maximum Gasteiger partial charge on any atom is 0.238 e. The molecule has 2 nitrogen and oxygen atoms in total. The molecular weight excluding hydrogens is 254 g/mol. The Morgan fingerprint density at radius 1 is 1.20 bits per heavy atom. The molecule has 88 valence electrons. The van der Waals surface area contributed by atoms with Crippen LogP contribution in [0.3, 0.4) is 0 Å². The van der Waals surface area contributed by atoms with Gasteiger partial charge in [0, 0.05) is 13.1 Å². The third kappa shape index (κ3) is 3.78. The highest BCUT2D eigenvalue weighted by atomic mass is 79.9. The number of carbonyl (C=O) groups is 1. The zero-order valence-corrected chi connectivity index (χ0v) is 11.6. The fourth-order valence-electron chi connectivity index (χ4n) is 2.23. The van der Waals surface area contributed by atoms with Crippen LogP contribution in [-0.4, -0.2) is 28.2 Å². The third-order valence-corrected chi connectivity index (χ3v) is 3.54. The first kappa shape index (κ1) is 13.0. The molecule has 1 aliphatic rings. The van der Waals surface area contributed by atoms with Gasteiger partial charge in [0.05, 0.1) is 4.32 Å². The molecule has 1 saturated carbocycles. The van der Waals surface area contributed by atoms with Crippen LogP contribution in [0.1, 0.15) is 52.4 Å². The molecule has 0 saturated heterocycles. The van der Waals surface area contributed by atoms with Crippen molar-refractivity contribution in [3.8, 4) is 0 Å². The number of hydrogen-bond acceptors (Lipinski definition) is 1. The van der Waals surface area contributed by atoms with E-state index in [1.54, 1.807) is 0 Å². The highest BCUT2D eigenvalue weighted by molar-refractivity contribution is 9.10. The number of carbonyl (C=O) groups excluding carboxylic acids is 1. The zero-order chi connectivity index (χ0) is 11.5. The highest BCUT2D eigenvalue weighted by Crippen LogP contribution is 2.25. The van der Waals surface area contributed by atoms with Crippen molar-refractivity contribution in [3.05, 3.63) is 0 Å². The molecule has 0 heterocycles. The van der Waals surface area contributed by atoms with Crippen molar-refractivity contribution in [2.24, 2.45) is 0 Å². The van der Waals surface area contributed by atoms with Gasteiger partial charge in [-0.25, -0.2) is 0 Å². The van der Waals surface area contributed by atoms with E-state index in [4.69, 9.17) is 0 Å². The maximum atomic E-state index is 12.1. The van der Waals surface area contributed by atoms with Gasteiger partial charge in [-0.2, -0.15) is 0 Å². The zero-order valence-electron chi connectivity index (χ0n) is 10.1. The molecule has 0 aromatic carbocycles. The number of halogens is 1. The summed E-state index contributed by atoms with van der Waals surface area (Å²) < 4.78 is -0.423. The van der Waals surface area contributed by atoms with E-state index in [9.17, 15) is 4.79 Å². The molecule has 15 heavy (non-hydrogen) atoms. The Labute approximate surface area is 102 Å². The molecular formula is C12H22BrNO. The lowest BCUT2D eigenvalue weighted by atomic mass is 10.1. The first-order valence-electron chi connectivity index (χ1n) is 5.89. The van der Waals surface area contributed by atoms with Crippen LogP contribution in [0.15, 0.2) is 0 Å². The van der Waals surface area contributed by atoms with E-state index in [0.29, 0.717) is 6.04 Å². The number of hydrogen-bond donors (Lipinski definition) is 0. The minimum atomic E-state index is -0.423. The monoisotopic (exact) mass is 275 g/mol. The van der Waals surface area contributed by atoms with Crippen molar-refractivity contribution in [2.75, 3.05) is 7.05 Å². The summed E-state index contributed by atoms with van der Waals surface area (Å²) in [6, 6.07) is 0.455. The van der Waals surface area contributed by atoms with E-state index in [0.717, 1.165) is 0 Å². The topological polar surface area (TPSA) is 20.3 Å². The van der Waals surface area contributed by atoms with E-state index < -0.39 is 4.32 Å². The third-order valence-electron chi connectivity index (χ3n) is 3.20. The summed E-state index contributed by atoms with van der Waals surface area (Å²) in [4.78, 5) is 14.0. The average molecular weight is 276 g/mol. The van der Waals surface area contributed by atoms with Gasteiger partial charge < -0.3 is 4.90 Å². The minimum absolute atomic E-state index is 0.203. The van der Waals surface area contributed by atoms with Crippen molar-refractivity contribution in [3.63, 3.8) is 0 Å². The summed E-state index contributed by atoms with van der Waals surface area (Å²) in [6.07, 6.45) is 7.54. The summed E-state index contributed by atoms with van der Waals surface area (Å²) in [5, 5.41) is 0. The lowest BCUT2D eigenvalue weighted by molar-refractivity contribution is -0.133. The van der Waals surface area contributed by atoms with E-state index in [1.807, 2.05) is 25.8 Å². The van der Waals surface area contributed by atoms with Crippen molar-refractivity contribution in [2.45, 2.75) is 62.7 Å². The Morgan fingerprint density at radius 3 is 2.07 bits per heavy atom. The van der Waals surface area contributed by atoms with Gasteiger partial charge in [-0.15, -0.1) is 0 Å². The van der Waals surface area contributed by atoms with Crippen LogP contribution in [0.4, 0.5) is 0 Å². The first-order valence-corrected chi connectivity index (χ1v) is 6.68. The van der Waals surface area contributed by atoms with Gasteiger partial charge in [-0.3, -0.25) is 4.79 Å². The number of rotatable bonds is 2. The predicted molar refractivity (Wildman–Crippen MR) is 67.3 cm³/mol. The molecule has 0 unspecified atom stereocenters. The van der Waals surface area contributed by atoms with Gasteiger partial charge in [0.1, 0.15) is 0 Å². The van der Waals surface area contributed by atoms with Crippen molar-refractivity contribution < 1.29 is 4.79 Å². The van der Waals surface area contributed by atoms with Gasteiger partial charge in [-0.1, -0.05) is 41.6 Å². The summed E-state index contributed by atoms with van der Waals surface area (Å²) >= 11 is 3.44. The van der Waals surface area contributed by atoms with Crippen LogP contribution in [0, 0.1) is 0 Å². The lowest BCUT2D eigenvalue weighted by Crippen LogP contribution is -2.44. The van der Waals surface area contributed by atoms with Gasteiger partial charge in [0.15, 0.2) is 0 Å². The molecule has 0 radical (unpaired) electrons. The second kappa shape index (κ2) is 5.33. The van der Waals surface area contributed by atoms with Crippen LogP contribution in [-0.2, 0) is 4.79 Å². The van der Waals surface area contributed by atoms with Gasteiger partial charge in [-0.05, 0) is 26.7 Å². The largest absolute Gasteiger partial charge is 0.342 e. The quantitative estimate of drug-likeness (QED) is 0.559. The van der Waals surface area contributed by atoms with Gasteiger partial charge in [0.2, 0.25) is 5.91 Å². The summed E-state index contributed by atoms with van der Waals surface area (Å²) in [6.45, 7) is 3.84. The molecule has 1 rings (SSSR count). The Balaban J connectivity index is 2.58. The number of amides is 1. The molecule has 0 aromatic rings. The van der Waals surface area contributed by atoms with Crippen LogP contribution < -0.4 is 0 Å². The van der Waals surface area contributed by atoms with Crippen molar-refractivity contribution in [1.29, 1.82) is 0 Å². The second-order valence-electron chi connectivity index (χ2n) is 5.03. The first-order chi connectivity index (χ1) is 6.93. The SMILES string of the molecule is CN(C(=O)C(C)(C)Br)C1CCCCCC1. The van der Waals surface area contributed by atoms with E-state index in [2.05, 4.69) is 15.9 Å². The van der Waals surface area contributed by atoms with Crippen LogP contribution in [0.2, 0.25) is 0 Å². The van der Waals surface area contributed by atoms with Crippen LogP contribution in [0.25, 0.3) is 0 Å². The Morgan fingerprint density at radius 2 is 1.67 bits per heavy atom. The standard InChI is InChI=1S/C12H22BrNO/c1-12(2,13)11(15)14(3)10-8-6-4-5-7-9-10/h10H,4-9H2,1-3H3. The van der Waals surface area contributed by atoms with Gasteiger partial charge >= 0.3 is 0 Å². The molecule has 3 heteroatoms. The van der Waals surface area contributed by atoms with E-state index in [1.165, 1.54) is 38.5 Å². The molecule has 1 fully saturated rings. The van der Waals surface area contributed by atoms with E-state index >= 15 is 0 Å². The molecule has 0 atom stereocenters. The van der Waals surface area contributed by atoms with Crippen molar-refractivity contribution >= 4 is 21.8 Å². The summed E-state index contributed by atoms with van der Waals surface area (Å²) in [5.41, 5.74) is 0. The summed E-state index contributed by atoms with van der Waals surface area (Å²) in [7, 11) is 1.95. The molecule has 0 aromatic heterocycles. The molecule has 0 bridgehead atoms. The Hall–Kier alpha value is -0.0500. The molecule has 0 aliphatic heterocycles. The summed E-state index contributed by atoms with van der Waals surface area (Å²) in [5.74, 6) is 0.203. The number of alkyl halides is 1. The minimum Gasteiger partial charge on any atom is -0.342 e. The Bertz CT molecular complexity index is 214. The highest BCUT2D eigenvalue weighted by Gasteiger charge is 2.30. The second-order valence-corrected chi connectivity index (χ2v) is 7.02. The lowest BCUT2D eigenvalue weighted by Gasteiger charge is -2.31. The van der Waals surface area contributed by atoms with Gasteiger partial charge in [0.25, 0.3) is 0 Å². The maximum absolute atomic E-state index is 12.1. The Kier molecular flexibility index (Phi) is 4.63. The molecule has 1 amide bonds. The van der Waals surface area contributed by atoms with Crippen molar-refractivity contribution in [1.82, 2.24) is 4.90 Å². The predicted octanol–water partition coefficient (Wildman–Crippen LogP) is 3.34. The smallest absolute Gasteiger partial charge is 0.238 e. The van der Waals surface area contributed by atoms with Crippen LogP contribution >= 0.6 is 15.9 Å². The fourth-order valence-corrected chi connectivity index (χ4v) is 2.51. The average Bonchev–Trinajstić information content (AvgIpc) is 2.42. The van der Waals surface area contributed by atoms with E-state index in [-0.39, 0.29) is 5.91 Å².